The predicted molar refractivity (Wildman–Crippen MR) is 104 cm³/mol. The average Bonchev–Trinajstić information content (AvgIpc) is 3.17. The monoisotopic (exact) mass is 380 g/mol. The number of aliphatic imine (C=N–C) groups is 1. The smallest absolute Gasteiger partial charge is 0.274 e. The van der Waals surface area contributed by atoms with Gasteiger partial charge in [0.25, 0.3) is 11.2 Å². The maximum atomic E-state index is 12.7. The van der Waals surface area contributed by atoms with Crippen molar-refractivity contribution in [3.63, 3.8) is 0 Å². The van der Waals surface area contributed by atoms with E-state index in [1.165, 1.54) is 16.8 Å². The Kier molecular flexibility index (Phi) is 5.27. The number of aryl methyl sites for hydroxylation is 1. The Bertz CT molecular complexity index is 1070. The van der Waals surface area contributed by atoms with Crippen LogP contribution in [0.2, 0.25) is 0 Å². The molecule has 1 aromatic carbocycles. The number of hydrogen-bond acceptors (Lipinski definition) is 6. The number of pyridine rings is 1. The Morgan fingerprint density at radius 3 is 2.64 bits per heavy atom. The van der Waals surface area contributed by atoms with Crippen molar-refractivity contribution in [2.45, 2.75) is 45.6 Å². The van der Waals surface area contributed by atoms with E-state index in [-0.39, 0.29) is 28.7 Å². The van der Waals surface area contributed by atoms with Crippen LogP contribution in [0.5, 0.6) is 5.88 Å². The van der Waals surface area contributed by atoms with E-state index in [9.17, 15) is 25.3 Å². The number of nitro benzene ring substituents is 1. The Morgan fingerprint density at radius 1 is 1.36 bits per heavy atom. The molecule has 2 aromatic rings. The number of nitro groups is 1. The molecule has 0 unspecified atom stereocenters. The third-order valence-electron chi connectivity index (χ3n) is 5.21. The summed E-state index contributed by atoms with van der Waals surface area (Å²) in [6.07, 6.45) is 4.81. The summed E-state index contributed by atoms with van der Waals surface area (Å²) in [4.78, 5) is 27.5. The largest absolute Gasteiger partial charge is 0.494 e. The number of aromatic hydroxyl groups is 1. The molecule has 8 heteroatoms. The van der Waals surface area contributed by atoms with Crippen molar-refractivity contribution in [2.24, 2.45) is 4.99 Å². The van der Waals surface area contributed by atoms with Gasteiger partial charge in [0.05, 0.1) is 16.2 Å². The standard InChI is InChI=1S/C20H20N4O4/c1-12-7-8-14(9-18(12)24(27)28)22-11-17-13(2)16(10-21)19(25)23(20(17)26)15-5-3-4-6-15/h7-9,11,15,26H,3-6H2,1-2H3. The van der Waals surface area contributed by atoms with Gasteiger partial charge in [0.2, 0.25) is 5.88 Å². The van der Waals surface area contributed by atoms with Crippen molar-refractivity contribution >= 4 is 17.6 Å². The Balaban J connectivity index is 2.12. The van der Waals surface area contributed by atoms with Crippen molar-refractivity contribution in [1.29, 1.82) is 5.26 Å². The molecule has 1 fully saturated rings. The molecule has 1 aliphatic carbocycles. The van der Waals surface area contributed by atoms with Gasteiger partial charge in [-0.1, -0.05) is 18.9 Å². The van der Waals surface area contributed by atoms with Crippen LogP contribution in [0.25, 0.3) is 0 Å². The Morgan fingerprint density at radius 2 is 2.04 bits per heavy atom. The molecular weight excluding hydrogens is 360 g/mol. The second-order valence-corrected chi connectivity index (χ2v) is 6.95. The van der Waals surface area contributed by atoms with Crippen molar-refractivity contribution in [3.8, 4) is 11.9 Å². The zero-order chi connectivity index (χ0) is 20.4. The van der Waals surface area contributed by atoms with Gasteiger partial charge in [-0.3, -0.25) is 24.5 Å². The third kappa shape index (κ3) is 3.39. The fourth-order valence-corrected chi connectivity index (χ4v) is 3.61. The van der Waals surface area contributed by atoms with E-state index in [4.69, 9.17) is 0 Å². The highest BCUT2D eigenvalue weighted by molar-refractivity contribution is 5.87. The summed E-state index contributed by atoms with van der Waals surface area (Å²) in [5, 5.41) is 31.3. The Labute approximate surface area is 161 Å². The number of rotatable bonds is 4. The third-order valence-corrected chi connectivity index (χ3v) is 5.21. The van der Waals surface area contributed by atoms with Gasteiger partial charge in [-0.25, -0.2) is 0 Å². The molecule has 0 bridgehead atoms. The second kappa shape index (κ2) is 7.64. The first-order valence-corrected chi connectivity index (χ1v) is 9.02. The van der Waals surface area contributed by atoms with Crippen molar-refractivity contribution in [1.82, 2.24) is 4.57 Å². The summed E-state index contributed by atoms with van der Waals surface area (Å²) < 4.78 is 1.29. The quantitative estimate of drug-likeness (QED) is 0.491. The Hall–Kier alpha value is -3.47. The van der Waals surface area contributed by atoms with Crippen LogP contribution in [0.15, 0.2) is 28.0 Å². The van der Waals surface area contributed by atoms with Crippen LogP contribution in [0.1, 0.15) is 54.0 Å². The van der Waals surface area contributed by atoms with Crippen LogP contribution < -0.4 is 5.56 Å². The summed E-state index contributed by atoms with van der Waals surface area (Å²) in [5.41, 5.74) is 0.895. The summed E-state index contributed by atoms with van der Waals surface area (Å²) in [5.74, 6) is -0.223. The van der Waals surface area contributed by atoms with Crippen molar-refractivity contribution in [3.05, 3.63) is 60.9 Å². The lowest BCUT2D eigenvalue weighted by molar-refractivity contribution is -0.385. The minimum Gasteiger partial charge on any atom is -0.494 e. The van der Waals surface area contributed by atoms with Gasteiger partial charge in [-0.2, -0.15) is 5.26 Å². The van der Waals surface area contributed by atoms with Crippen molar-refractivity contribution < 1.29 is 10.0 Å². The lowest BCUT2D eigenvalue weighted by Crippen LogP contribution is -2.28. The van der Waals surface area contributed by atoms with Gasteiger partial charge in [-0.05, 0) is 38.3 Å². The lowest BCUT2D eigenvalue weighted by atomic mass is 10.0. The molecule has 0 atom stereocenters. The van der Waals surface area contributed by atoms with Crippen LogP contribution in [0, 0.1) is 35.3 Å². The van der Waals surface area contributed by atoms with E-state index >= 15 is 0 Å². The van der Waals surface area contributed by atoms with E-state index < -0.39 is 10.5 Å². The van der Waals surface area contributed by atoms with Gasteiger partial charge in [-0.15, -0.1) is 0 Å². The molecule has 8 nitrogen and oxygen atoms in total. The molecule has 1 heterocycles. The average molecular weight is 380 g/mol. The summed E-state index contributed by atoms with van der Waals surface area (Å²) in [7, 11) is 0. The van der Waals surface area contributed by atoms with Gasteiger partial charge >= 0.3 is 0 Å². The molecule has 144 valence electrons. The first-order chi connectivity index (χ1) is 13.3. The molecule has 1 saturated carbocycles. The van der Waals surface area contributed by atoms with Gasteiger partial charge < -0.3 is 5.11 Å². The fourth-order valence-electron chi connectivity index (χ4n) is 3.61. The molecule has 1 aromatic heterocycles. The van der Waals surface area contributed by atoms with Gasteiger partial charge in [0.1, 0.15) is 11.6 Å². The summed E-state index contributed by atoms with van der Waals surface area (Å²) >= 11 is 0. The molecule has 0 saturated heterocycles. The number of nitriles is 1. The zero-order valence-electron chi connectivity index (χ0n) is 15.7. The minimum absolute atomic E-state index is 0.0268. The molecule has 1 aliphatic rings. The highest BCUT2D eigenvalue weighted by Crippen LogP contribution is 2.33. The molecule has 1 N–H and O–H groups in total. The molecule has 28 heavy (non-hydrogen) atoms. The van der Waals surface area contributed by atoms with Gasteiger partial charge in [0.15, 0.2) is 0 Å². The summed E-state index contributed by atoms with van der Waals surface area (Å²) in [6, 6.07) is 6.35. The first kappa shape index (κ1) is 19.3. The van der Waals surface area contributed by atoms with E-state index in [1.54, 1.807) is 26.0 Å². The van der Waals surface area contributed by atoms with Gasteiger partial charge in [0, 0.05) is 23.9 Å². The lowest BCUT2D eigenvalue weighted by Gasteiger charge is -2.19. The molecule has 0 spiro atoms. The first-order valence-electron chi connectivity index (χ1n) is 9.02. The normalized spacial score (nSPS) is 14.5. The highest BCUT2D eigenvalue weighted by Gasteiger charge is 2.25. The zero-order valence-corrected chi connectivity index (χ0v) is 15.7. The van der Waals surface area contributed by atoms with E-state index in [0.29, 0.717) is 16.8 Å². The molecule has 3 rings (SSSR count). The summed E-state index contributed by atoms with van der Waals surface area (Å²) in [6.45, 7) is 3.22. The van der Waals surface area contributed by atoms with Crippen LogP contribution in [0.3, 0.4) is 0 Å². The number of nitrogens with zero attached hydrogens (tertiary/aromatic N) is 4. The molecule has 0 aliphatic heterocycles. The highest BCUT2D eigenvalue weighted by atomic mass is 16.6. The topological polar surface area (TPSA) is 122 Å². The number of aromatic nitrogens is 1. The molecule has 0 radical (unpaired) electrons. The van der Waals surface area contributed by atoms with Crippen LogP contribution in [-0.4, -0.2) is 20.8 Å². The number of benzene rings is 1. The van der Waals surface area contributed by atoms with Crippen LogP contribution >= 0.6 is 0 Å². The van der Waals surface area contributed by atoms with E-state index in [2.05, 4.69) is 4.99 Å². The molecular formula is C20H20N4O4. The predicted octanol–water partition coefficient (Wildman–Crippen LogP) is 3.82. The van der Waals surface area contributed by atoms with E-state index in [0.717, 1.165) is 25.7 Å². The maximum absolute atomic E-state index is 12.7. The number of hydrogen-bond donors (Lipinski definition) is 1. The minimum atomic E-state index is -0.493. The maximum Gasteiger partial charge on any atom is 0.274 e. The van der Waals surface area contributed by atoms with E-state index in [1.807, 2.05) is 6.07 Å². The molecule has 0 amide bonds. The second-order valence-electron chi connectivity index (χ2n) is 6.95. The van der Waals surface area contributed by atoms with Crippen molar-refractivity contribution in [2.75, 3.05) is 0 Å². The SMILES string of the molecule is Cc1ccc(N=Cc2c(C)c(C#N)c(=O)n(C3CCCC3)c2O)cc1[N+](=O)[O-]. The van der Waals surface area contributed by atoms with Crippen LogP contribution in [0.4, 0.5) is 11.4 Å². The van der Waals surface area contributed by atoms with Crippen LogP contribution in [-0.2, 0) is 0 Å². The fraction of sp³-hybridized carbons (Fsp3) is 0.350.